The molecule has 1 aromatic carbocycles. The van der Waals surface area contributed by atoms with Crippen LogP contribution in [0.25, 0.3) is 10.9 Å². The van der Waals surface area contributed by atoms with Crippen LogP contribution in [-0.4, -0.2) is 40.4 Å². The van der Waals surface area contributed by atoms with Gasteiger partial charge in [-0.2, -0.15) is 0 Å². The molecular weight excluding hydrogens is 374 g/mol. The average molecular weight is 400 g/mol. The molecule has 1 saturated carbocycles. The molecule has 1 aliphatic carbocycles. The molecule has 0 saturated heterocycles. The van der Waals surface area contributed by atoms with Gasteiger partial charge in [-0.15, -0.1) is 0 Å². The van der Waals surface area contributed by atoms with Crippen LogP contribution in [0.2, 0.25) is 0 Å². The van der Waals surface area contributed by atoms with E-state index in [0.717, 1.165) is 23.7 Å². The van der Waals surface area contributed by atoms with Crippen LogP contribution in [0.4, 0.5) is 0 Å². The number of hydrogen-bond donors (Lipinski definition) is 2. The molecule has 1 unspecified atom stereocenters. The molecule has 2 N–H and O–H groups in total. The zero-order chi connectivity index (χ0) is 20.3. The minimum absolute atomic E-state index is 0.0305. The third-order valence-electron chi connectivity index (χ3n) is 4.62. The van der Waals surface area contributed by atoms with Crippen molar-refractivity contribution in [3.05, 3.63) is 35.9 Å². The Labute approximate surface area is 168 Å². The molecule has 2 amide bonds. The minimum atomic E-state index is -0.488. The van der Waals surface area contributed by atoms with Crippen molar-refractivity contribution < 1.29 is 14.4 Å². The van der Waals surface area contributed by atoms with Gasteiger partial charge in [0.2, 0.25) is 5.91 Å². The maximum atomic E-state index is 12.6. The number of rotatable bonds is 8. The van der Waals surface area contributed by atoms with Crippen molar-refractivity contribution in [3.63, 3.8) is 0 Å². The lowest BCUT2D eigenvalue weighted by atomic mass is 10.0. The zero-order valence-corrected chi connectivity index (χ0v) is 17.1. The van der Waals surface area contributed by atoms with Crippen LogP contribution in [0.1, 0.15) is 44.0 Å². The lowest BCUT2D eigenvalue weighted by molar-refractivity contribution is -0.126. The molecular formula is C21H25N3O3S. The lowest BCUT2D eigenvalue weighted by Gasteiger charge is -2.19. The molecule has 2 aromatic rings. The second-order valence-corrected chi connectivity index (χ2v) is 8.46. The smallest absolute Gasteiger partial charge is 0.252 e. The Bertz CT molecular complexity index is 909. The summed E-state index contributed by atoms with van der Waals surface area (Å²) in [4.78, 5) is 41.2. The van der Waals surface area contributed by atoms with Crippen molar-refractivity contribution in [3.8, 4) is 0 Å². The summed E-state index contributed by atoms with van der Waals surface area (Å²) in [6.07, 6.45) is 2.04. The van der Waals surface area contributed by atoms with Gasteiger partial charge in [0.15, 0.2) is 5.78 Å². The van der Waals surface area contributed by atoms with Gasteiger partial charge in [0.25, 0.3) is 5.91 Å². The maximum Gasteiger partial charge on any atom is 0.252 e. The van der Waals surface area contributed by atoms with Crippen LogP contribution in [0.5, 0.6) is 0 Å². The van der Waals surface area contributed by atoms with Gasteiger partial charge in [0.1, 0.15) is 0 Å². The fourth-order valence-electron chi connectivity index (χ4n) is 3.00. The maximum absolute atomic E-state index is 12.6. The monoisotopic (exact) mass is 399 g/mol. The number of thioether (sulfide) groups is 1. The minimum Gasteiger partial charge on any atom is -0.349 e. The van der Waals surface area contributed by atoms with E-state index in [1.54, 1.807) is 6.07 Å². The van der Waals surface area contributed by atoms with Gasteiger partial charge in [-0.25, -0.2) is 4.98 Å². The lowest BCUT2D eigenvalue weighted by Crippen LogP contribution is -2.44. The van der Waals surface area contributed by atoms with Crippen molar-refractivity contribution in [2.24, 2.45) is 5.92 Å². The van der Waals surface area contributed by atoms with Crippen LogP contribution in [-0.2, 0) is 9.59 Å². The highest BCUT2D eigenvalue weighted by Gasteiger charge is 2.25. The number of carbonyl (C=O) groups excluding carboxylic acids is 3. The van der Waals surface area contributed by atoms with E-state index in [4.69, 9.17) is 0 Å². The highest BCUT2D eigenvalue weighted by Crippen LogP contribution is 2.26. The first kappa shape index (κ1) is 20.3. The molecule has 1 heterocycles. The van der Waals surface area contributed by atoms with Gasteiger partial charge in [-0.3, -0.25) is 14.4 Å². The van der Waals surface area contributed by atoms with E-state index in [1.807, 2.05) is 38.1 Å². The number of nitrogens with zero attached hydrogens (tertiary/aromatic N) is 1. The first-order valence-corrected chi connectivity index (χ1v) is 10.5. The SMILES string of the molecule is CC(=O)C(NC(=O)CSc1cc(C(=O)NC2CC2)c2ccccc2n1)C(C)C. The quantitative estimate of drug-likeness (QED) is 0.667. The summed E-state index contributed by atoms with van der Waals surface area (Å²) in [5.41, 5.74) is 1.29. The first-order chi connectivity index (χ1) is 13.3. The van der Waals surface area contributed by atoms with Crippen LogP contribution < -0.4 is 10.6 Å². The van der Waals surface area contributed by atoms with E-state index in [2.05, 4.69) is 15.6 Å². The van der Waals surface area contributed by atoms with Crippen molar-refractivity contribution >= 4 is 40.3 Å². The number of ketones is 1. The molecule has 1 atom stereocenters. The highest BCUT2D eigenvalue weighted by molar-refractivity contribution is 7.99. The van der Waals surface area contributed by atoms with Crippen molar-refractivity contribution in [1.29, 1.82) is 0 Å². The van der Waals surface area contributed by atoms with E-state index in [-0.39, 0.29) is 35.3 Å². The molecule has 1 fully saturated rings. The first-order valence-electron chi connectivity index (χ1n) is 9.48. The van der Waals surface area contributed by atoms with Crippen LogP contribution >= 0.6 is 11.8 Å². The summed E-state index contributed by atoms with van der Waals surface area (Å²) in [6, 6.07) is 9.01. The number of amides is 2. The van der Waals surface area contributed by atoms with Gasteiger partial charge in [0, 0.05) is 11.4 Å². The molecule has 3 rings (SSSR count). The molecule has 7 heteroatoms. The summed E-state index contributed by atoms with van der Waals surface area (Å²) < 4.78 is 0. The van der Waals surface area contributed by atoms with Crippen molar-refractivity contribution in [2.45, 2.75) is 50.7 Å². The number of nitrogens with one attached hydrogen (secondary N) is 2. The zero-order valence-electron chi connectivity index (χ0n) is 16.3. The molecule has 1 aliphatic rings. The second-order valence-electron chi connectivity index (χ2n) is 7.46. The standard InChI is InChI=1S/C21H25N3O3S/c1-12(2)20(13(3)25)24-18(26)11-28-19-10-16(21(27)22-14-8-9-14)15-6-4-5-7-17(15)23-19/h4-7,10,12,14,20H,8-9,11H2,1-3H3,(H,22,27)(H,24,26). The Morgan fingerprint density at radius 3 is 2.57 bits per heavy atom. The number of pyridine rings is 1. The Balaban J connectivity index is 1.74. The number of aromatic nitrogens is 1. The Morgan fingerprint density at radius 1 is 1.21 bits per heavy atom. The van der Waals surface area contributed by atoms with Crippen LogP contribution in [0, 0.1) is 5.92 Å². The van der Waals surface area contributed by atoms with Crippen LogP contribution in [0.15, 0.2) is 35.4 Å². The van der Waals surface area contributed by atoms with Gasteiger partial charge < -0.3 is 10.6 Å². The number of carbonyl (C=O) groups is 3. The summed E-state index contributed by atoms with van der Waals surface area (Å²) in [5, 5.41) is 7.20. The van der Waals surface area contributed by atoms with Gasteiger partial charge in [-0.1, -0.05) is 43.8 Å². The summed E-state index contributed by atoms with van der Waals surface area (Å²) >= 11 is 1.26. The second kappa shape index (κ2) is 8.73. The van der Waals surface area contributed by atoms with Gasteiger partial charge in [0.05, 0.1) is 27.9 Å². The molecule has 28 heavy (non-hydrogen) atoms. The number of benzene rings is 1. The van der Waals surface area contributed by atoms with E-state index < -0.39 is 6.04 Å². The fraction of sp³-hybridized carbons (Fsp3) is 0.429. The predicted octanol–water partition coefficient (Wildman–Crippen LogP) is 2.95. The number of para-hydroxylation sites is 1. The molecule has 0 aliphatic heterocycles. The average Bonchev–Trinajstić information content (AvgIpc) is 3.47. The number of fused-ring (bicyclic) bond motifs is 1. The summed E-state index contributed by atoms with van der Waals surface area (Å²) in [5.74, 6) is -0.230. The van der Waals surface area contributed by atoms with Crippen molar-refractivity contribution in [1.82, 2.24) is 15.6 Å². The Kier molecular flexibility index (Phi) is 6.34. The molecule has 148 valence electrons. The largest absolute Gasteiger partial charge is 0.349 e. The fourth-order valence-corrected chi connectivity index (χ4v) is 3.72. The van der Waals surface area contributed by atoms with Crippen molar-refractivity contribution in [2.75, 3.05) is 5.75 Å². The summed E-state index contributed by atoms with van der Waals surface area (Å²) in [6.45, 7) is 5.28. The molecule has 0 bridgehead atoms. The topological polar surface area (TPSA) is 88.2 Å². The number of hydrogen-bond acceptors (Lipinski definition) is 5. The van der Waals surface area contributed by atoms with E-state index in [0.29, 0.717) is 10.6 Å². The molecule has 0 spiro atoms. The molecule has 1 aromatic heterocycles. The predicted molar refractivity (Wildman–Crippen MR) is 110 cm³/mol. The molecule has 6 nitrogen and oxygen atoms in total. The van der Waals surface area contributed by atoms with Crippen LogP contribution in [0.3, 0.4) is 0 Å². The highest BCUT2D eigenvalue weighted by atomic mass is 32.2. The third-order valence-corrected chi connectivity index (χ3v) is 5.53. The Hall–Kier alpha value is -2.41. The van der Waals surface area contributed by atoms with E-state index in [9.17, 15) is 14.4 Å². The number of Topliss-reactive ketones (excluding diaryl/α,β-unsaturated/α-hetero) is 1. The third kappa shape index (κ3) is 5.10. The molecule has 0 radical (unpaired) electrons. The van der Waals surface area contributed by atoms with Gasteiger partial charge in [-0.05, 0) is 37.8 Å². The van der Waals surface area contributed by atoms with E-state index in [1.165, 1.54) is 18.7 Å². The summed E-state index contributed by atoms with van der Waals surface area (Å²) in [7, 11) is 0. The normalized spacial score (nSPS) is 14.7. The van der Waals surface area contributed by atoms with Gasteiger partial charge >= 0.3 is 0 Å². The Morgan fingerprint density at radius 2 is 1.93 bits per heavy atom. The van der Waals surface area contributed by atoms with E-state index >= 15 is 0 Å².